The van der Waals surface area contributed by atoms with Gasteiger partial charge in [0.2, 0.25) is 0 Å². The van der Waals surface area contributed by atoms with Crippen molar-refractivity contribution in [2.24, 2.45) is 0 Å². The van der Waals surface area contributed by atoms with E-state index < -0.39 is 21.1 Å². The second-order valence-corrected chi connectivity index (χ2v) is 5.40. The molecule has 0 bridgehead atoms. The molecule has 0 spiro atoms. The molecule has 0 aromatic carbocycles. The predicted octanol–water partition coefficient (Wildman–Crippen LogP) is 0.266. The summed E-state index contributed by atoms with van der Waals surface area (Å²) in [6.07, 6.45) is -0.210. The number of nitrogens with zero attached hydrogens (tertiary/aromatic N) is 1. The van der Waals surface area contributed by atoms with E-state index in [0.29, 0.717) is 0 Å². The Bertz CT molecular complexity index is 328. The number of esters is 1. The maximum Gasteiger partial charge on any atom is 0.306 e. The van der Waals surface area contributed by atoms with Crippen molar-refractivity contribution in [2.45, 2.75) is 25.0 Å². The zero-order valence-corrected chi connectivity index (χ0v) is 9.00. The quantitative estimate of drug-likeness (QED) is 0.619. The lowest BCUT2D eigenvalue weighted by molar-refractivity contribution is -0.140. The molecule has 14 heavy (non-hydrogen) atoms. The zero-order chi connectivity index (χ0) is 11.2. The Labute approximate surface area is 83.6 Å². The average molecular weight is 219 g/mol. The monoisotopic (exact) mass is 219 g/mol. The van der Waals surface area contributed by atoms with Gasteiger partial charge in [-0.25, -0.2) is 8.42 Å². The number of carbonyl (C=O) groups is 1. The Morgan fingerprint density at radius 2 is 2.14 bits per heavy atom. The molecule has 5 nitrogen and oxygen atoms in total. The number of hydrogen-bond acceptors (Lipinski definition) is 5. The maximum atomic E-state index is 11.4. The molecule has 0 fully saturated rings. The van der Waals surface area contributed by atoms with Crippen LogP contribution < -0.4 is 0 Å². The topological polar surface area (TPSA) is 84.2 Å². The summed E-state index contributed by atoms with van der Waals surface area (Å²) in [5.74, 6) is -0.819. The molecule has 0 rings (SSSR count). The lowest BCUT2D eigenvalue weighted by Gasteiger charge is -2.07. The van der Waals surface area contributed by atoms with E-state index in [4.69, 9.17) is 5.26 Å². The highest BCUT2D eigenvalue weighted by atomic mass is 32.2. The van der Waals surface area contributed by atoms with Gasteiger partial charge in [0, 0.05) is 0 Å². The Morgan fingerprint density at radius 3 is 2.57 bits per heavy atom. The van der Waals surface area contributed by atoms with Crippen molar-refractivity contribution in [3.63, 3.8) is 0 Å². The van der Waals surface area contributed by atoms with Crippen LogP contribution in [0, 0.1) is 11.3 Å². The van der Waals surface area contributed by atoms with Gasteiger partial charge in [-0.1, -0.05) is 0 Å². The molecule has 80 valence electrons. The van der Waals surface area contributed by atoms with Gasteiger partial charge in [0.1, 0.15) is 0 Å². The maximum absolute atomic E-state index is 11.4. The standard InChI is InChI=1S/C8H13NO4S/c1-7(3-5-9)14(11,12)6-4-8(10)13-2/h7H,3-4,6H2,1-2H3. The average Bonchev–Trinajstić information content (AvgIpc) is 2.14. The molecule has 0 saturated carbocycles. The van der Waals surface area contributed by atoms with E-state index in [1.54, 1.807) is 6.07 Å². The molecule has 0 aliphatic carbocycles. The van der Waals surface area contributed by atoms with Crippen LogP contribution in [0.1, 0.15) is 19.8 Å². The lowest BCUT2D eigenvalue weighted by Crippen LogP contribution is -2.22. The smallest absolute Gasteiger partial charge is 0.306 e. The first kappa shape index (κ1) is 12.9. The highest BCUT2D eigenvalue weighted by molar-refractivity contribution is 7.92. The van der Waals surface area contributed by atoms with E-state index in [1.165, 1.54) is 14.0 Å². The molecule has 1 atom stereocenters. The van der Waals surface area contributed by atoms with E-state index in [-0.39, 0.29) is 18.6 Å². The van der Waals surface area contributed by atoms with Gasteiger partial charge in [-0.15, -0.1) is 0 Å². The number of carbonyl (C=O) groups excluding carboxylic acids is 1. The fourth-order valence-corrected chi connectivity index (χ4v) is 1.97. The van der Waals surface area contributed by atoms with Crippen LogP contribution in [-0.2, 0) is 19.4 Å². The summed E-state index contributed by atoms with van der Waals surface area (Å²) >= 11 is 0. The van der Waals surface area contributed by atoms with Crippen molar-refractivity contribution >= 4 is 15.8 Å². The van der Waals surface area contributed by atoms with Gasteiger partial charge in [-0.2, -0.15) is 5.26 Å². The summed E-state index contributed by atoms with van der Waals surface area (Å²) in [6, 6.07) is 1.78. The number of sulfone groups is 1. The number of methoxy groups -OCH3 is 1. The molecule has 0 aromatic heterocycles. The minimum Gasteiger partial charge on any atom is -0.469 e. The second kappa shape index (κ2) is 5.60. The molecule has 0 radical (unpaired) electrons. The second-order valence-electron chi connectivity index (χ2n) is 2.87. The number of ether oxygens (including phenoxy) is 1. The van der Waals surface area contributed by atoms with E-state index >= 15 is 0 Å². The molecular formula is C8H13NO4S. The summed E-state index contributed by atoms with van der Waals surface area (Å²) in [5, 5.41) is 7.59. The van der Waals surface area contributed by atoms with Gasteiger partial charge in [-0.05, 0) is 6.92 Å². The summed E-state index contributed by atoms with van der Waals surface area (Å²) in [4.78, 5) is 10.7. The zero-order valence-electron chi connectivity index (χ0n) is 8.19. The minimum absolute atomic E-state index is 0.0521. The van der Waals surface area contributed by atoms with Gasteiger partial charge in [0.15, 0.2) is 9.84 Å². The van der Waals surface area contributed by atoms with Crippen LogP contribution in [0.2, 0.25) is 0 Å². The third-order valence-electron chi connectivity index (χ3n) is 1.81. The van der Waals surface area contributed by atoms with Gasteiger partial charge in [0.05, 0.1) is 37.0 Å². The molecule has 6 heteroatoms. The molecule has 0 aliphatic rings. The molecular weight excluding hydrogens is 206 g/mol. The number of rotatable bonds is 5. The molecule has 0 aliphatic heterocycles. The fourth-order valence-electron chi connectivity index (χ4n) is 0.784. The Hall–Kier alpha value is -1.09. The highest BCUT2D eigenvalue weighted by Gasteiger charge is 2.21. The SMILES string of the molecule is COC(=O)CCS(=O)(=O)C(C)CC#N. The van der Waals surface area contributed by atoms with E-state index in [2.05, 4.69) is 4.74 Å². The van der Waals surface area contributed by atoms with Crippen LogP contribution in [0.5, 0.6) is 0 Å². The Kier molecular flexibility index (Phi) is 5.16. The third-order valence-corrected chi connectivity index (χ3v) is 3.98. The molecule has 1 unspecified atom stereocenters. The van der Waals surface area contributed by atoms with Crippen molar-refractivity contribution < 1.29 is 17.9 Å². The Balaban J connectivity index is 4.23. The molecule has 0 aromatic rings. The van der Waals surface area contributed by atoms with Crippen molar-refractivity contribution in [1.82, 2.24) is 0 Å². The summed E-state index contributed by atoms with van der Waals surface area (Å²) in [5.41, 5.74) is 0. The van der Waals surface area contributed by atoms with E-state index in [9.17, 15) is 13.2 Å². The van der Waals surface area contributed by atoms with E-state index in [0.717, 1.165) is 0 Å². The molecule has 0 heterocycles. The van der Waals surface area contributed by atoms with Crippen LogP contribution in [0.25, 0.3) is 0 Å². The Morgan fingerprint density at radius 1 is 1.57 bits per heavy atom. The number of nitriles is 1. The normalized spacial score (nSPS) is 12.9. The first-order valence-electron chi connectivity index (χ1n) is 4.09. The highest BCUT2D eigenvalue weighted by Crippen LogP contribution is 2.07. The molecule has 0 N–H and O–H groups in total. The fraction of sp³-hybridized carbons (Fsp3) is 0.750. The van der Waals surface area contributed by atoms with Crippen LogP contribution in [-0.4, -0.2) is 32.5 Å². The summed E-state index contributed by atoms with van der Waals surface area (Å²) < 4.78 is 27.1. The number of hydrogen-bond donors (Lipinski definition) is 0. The van der Waals surface area contributed by atoms with Crippen LogP contribution in [0.3, 0.4) is 0 Å². The van der Waals surface area contributed by atoms with Gasteiger partial charge >= 0.3 is 5.97 Å². The molecule has 0 saturated heterocycles. The predicted molar refractivity (Wildman–Crippen MR) is 50.1 cm³/mol. The minimum atomic E-state index is -3.35. The van der Waals surface area contributed by atoms with Crippen LogP contribution >= 0.6 is 0 Å². The summed E-state index contributed by atoms with van der Waals surface area (Å²) in [6.45, 7) is 1.45. The van der Waals surface area contributed by atoms with Crippen molar-refractivity contribution in [3.8, 4) is 6.07 Å². The van der Waals surface area contributed by atoms with Gasteiger partial charge in [-0.3, -0.25) is 4.79 Å². The summed E-state index contributed by atoms with van der Waals surface area (Å²) in [7, 11) is -2.15. The van der Waals surface area contributed by atoms with Gasteiger partial charge in [0.25, 0.3) is 0 Å². The van der Waals surface area contributed by atoms with Gasteiger partial charge < -0.3 is 4.74 Å². The largest absolute Gasteiger partial charge is 0.469 e. The van der Waals surface area contributed by atoms with Crippen LogP contribution in [0.4, 0.5) is 0 Å². The van der Waals surface area contributed by atoms with Crippen LogP contribution in [0.15, 0.2) is 0 Å². The lowest BCUT2D eigenvalue weighted by atomic mass is 10.4. The third kappa shape index (κ3) is 4.23. The van der Waals surface area contributed by atoms with E-state index in [1.807, 2.05) is 0 Å². The van der Waals surface area contributed by atoms with Crippen molar-refractivity contribution in [1.29, 1.82) is 5.26 Å². The molecule has 0 amide bonds. The first-order chi connectivity index (χ1) is 6.44. The van der Waals surface area contributed by atoms with Crippen molar-refractivity contribution in [3.05, 3.63) is 0 Å². The van der Waals surface area contributed by atoms with Crippen molar-refractivity contribution in [2.75, 3.05) is 12.9 Å². The first-order valence-corrected chi connectivity index (χ1v) is 5.81.